The third-order valence-electron chi connectivity index (χ3n) is 22.4. The molecule has 0 amide bonds. The van der Waals surface area contributed by atoms with E-state index in [0.717, 1.165) is 103 Å². The summed E-state index contributed by atoms with van der Waals surface area (Å²) in [5.74, 6) is 9.96. The predicted octanol–water partition coefficient (Wildman–Crippen LogP) is 16.4. The molecular weight excluding hydrogens is 924 g/mol. The van der Waals surface area contributed by atoms with Crippen LogP contribution in [0.25, 0.3) is 0 Å². The van der Waals surface area contributed by atoms with Gasteiger partial charge in [0, 0.05) is 19.5 Å². The highest BCUT2D eigenvalue weighted by molar-refractivity contribution is 5.85. The van der Waals surface area contributed by atoms with Gasteiger partial charge in [0.15, 0.2) is 0 Å². The van der Waals surface area contributed by atoms with Crippen LogP contribution in [0.3, 0.4) is 0 Å². The first kappa shape index (κ1) is 64.1. The second kappa shape index (κ2) is 27.5. The summed E-state index contributed by atoms with van der Waals surface area (Å²) in [5.41, 5.74) is 5.11. The number of rotatable bonds is 17. The highest BCUT2D eigenvalue weighted by Crippen LogP contribution is 2.69. The average Bonchev–Trinajstić information content (AvgIpc) is 3.85. The largest absolute Gasteiger partial charge is 0.481 e. The number of allylic oxidation sites excluding steroid dienone is 2. The molecule has 6 fully saturated rings. The van der Waals surface area contributed by atoms with Crippen LogP contribution in [0.15, 0.2) is 23.3 Å². The van der Waals surface area contributed by atoms with Crippen LogP contribution >= 0.6 is 12.4 Å². The molecule has 0 aromatic carbocycles. The SMILES string of the molecule is C.CC(C)CCC[C@@H](C)[C@H]1CC[C@H]2[C@@H]3CC=C4CC(O)CC[C@]4(C)[C@H]3CC[C@]12C.CC(C)CCC[C@@H](C)[C@H]1CC[C@H]2[C@@H]3CC=C4CC(OC(=O)CCN(C)C)CC[C@]4(C)[C@H]3CC[C@]12C.CN(C)CCC(=O)O.Cl. The summed E-state index contributed by atoms with van der Waals surface area (Å²) < 4.78 is 5.94. The number of carboxylic acid groups (broad SMARTS) is 1. The molecular formula is C65H117ClN2O5. The van der Waals surface area contributed by atoms with E-state index in [1.807, 2.05) is 33.1 Å². The minimum Gasteiger partial charge on any atom is -0.481 e. The van der Waals surface area contributed by atoms with Crippen LogP contribution in [0.2, 0.25) is 0 Å². The number of nitrogens with zero attached hydrogens (tertiary/aromatic N) is 2. The molecule has 8 aliphatic rings. The minimum atomic E-state index is -0.737. The second-order valence-electron chi connectivity index (χ2n) is 28.3. The molecule has 2 unspecified atom stereocenters. The van der Waals surface area contributed by atoms with Gasteiger partial charge in [0.1, 0.15) is 6.10 Å². The molecule has 8 rings (SSSR count). The Morgan fingerprint density at radius 3 is 1.47 bits per heavy atom. The van der Waals surface area contributed by atoms with Crippen LogP contribution < -0.4 is 0 Å². The van der Waals surface area contributed by atoms with Crippen molar-refractivity contribution in [3.8, 4) is 0 Å². The maximum Gasteiger partial charge on any atom is 0.307 e. The van der Waals surface area contributed by atoms with Crippen LogP contribution in [-0.4, -0.2) is 85.4 Å². The molecule has 73 heavy (non-hydrogen) atoms. The fourth-order valence-corrected chi connectivity index (χ4v) is 18.3. The summed E-state index contributed by atoms with van der Waals surface area (Å²) in [7, 11) is 7.72. The number of carboxylic acids is 1. The lowest BCUT2D eigenvalue weighted by molar-refractivity contribution is -0.151. The number of esters is 1. The van der Waals surface area contributed by atoms with Crippen LogP contribution in [0.5, 0.6) is 0 Å². The summed E-state index contributed by atoms with van der Waals surface area (Å²) in [6.45, 7) is 26.5. The van der Waals surface area contributed by atoms with E-state index in [2.05, 4.69) is 86.3 Å². The van der Waals surface area contributed by atoms with Gasteiger partial charge in [-0.15, -0.1) is 12.4 Å². The number of aliphatic hydroxyl groups is 1. The third kappa shape index (κ3) is 15.0. The number of aliphatic carboxylic acids is 1. The Morgan fingerprint density at radius 2 is 1.04 bits per heavy atom. The van der Waals surface area contributed by atoms with Crippen molar-refractivity contribution in [1.82, 2.24) is 9.80 Å². The maximum absolute atomic E-state index is 12.4. The quantitative estimate of drug-likeness (QED) is 0.111. The van der Waals surface area contributed by atoms with Crippen molar-refractivity contribution < 1.29 is 24.5 Å². The zero-order valence-electron chi connectivity index (χ0n) is 49.0. The first-order valence-electron chi connectivity index (χ1n) is 30.2. The number of carbonyl (C=O) groups is 2. The van der Waals surface area contributed by atoms with Gasteiger partial charge in [-0.1, -0.05) is 138 Å². The first-order valence-corrected chi connectivity index (χ1v) is 30.2. The van der Waals surface area contributed by atoms with E-state index in [1.165, 1.54) is 116 Å². The van der Waals surface area contributed by atoms with Crippen molar-refractivity contribution in [2.24, 2.45) is 92.7 Å². The van der Waals surface area contributed by atoms with E-state index in [0.29, 0.717) is 34.6 Å². The minimum absolute atomic E-state index is 0. The lowest BCUT2D eigenvalue weighted by atomic mass is 9.47. The van der Waals surface area contributed by atoms with Crippen molar-refractivity contribution in [3.63, 3.8) is 0 Å². The summed E-state index contributed by atoms with van der Waals surface area (Å²) in [4.78, 5) is 26.1. The predicted molar refractivity (Wildman–Crippen MR) is 310 cm³/mol. The highest BCUT2D eigenvalue weighted by atomic mass is 35.5. The molecule has 0 heterocycles. The van der Waals surface area contributed by atoms with Gasteiger partial charge in [-0.2, -0.15) is 0 Å². The van der Waals surface area contributed by atoms with E-state index < -0.39 is 5.97 Å². The van der Waals surface area contributed by atoms with Gasteiger partial charge in [-0.3, -0.25) is 9.59 Å². The molecule has 0 aromatic rings. The van der Waals surface area contributed by atoms with Crippen molar-refractivity contribution >= 4 is 24.3 Å². The molecule has 0 spiro atoms. The normalized spacial score (nSPS) is 37.9. The number of fused-ring (bicyclic) bond motifs is 10. The molecule has 0 aromatic heterocycles. The first-order chi connectivity index (χ1) is 33.4. The topological polar surface area (TPSA) is 90.3 Å². The molecule has 6 saturated carbocycles. The Balaban J connectivity index is 0.000000273. The van der Waals surface area contributed by atoms with Crippen LogP contribution in [0.4, 0.5) is 0 Å². The number of halogens is 1. The molecule has 424 valence electrons. The Morgan fingerprint density at radius 1 is 0.603 bits per heavy atom. The third-order valence-corrected chi connectivity index (χ3v) is 22.4. The van der Waals surface area contributed by atoms with E-state index in [4.69, 9.17) is 9.84 Å². The monoisotopic (exact) mass is 1040 g/mol. The van der Waals surface area contributed by atoms with Crippen LogP contribution in [-0.2, 0) is 14.3 Å². The Bertz CT molecular complexity index is 1790. The molecule has 0 bridgehead atoms. The van der Waals surface area contributed by atoms with Gasteiger partial charge in [0.2, 0.25) is 0 Å². The van der Waals surface area contributed by atoms with Crippen molar-refractivity contribution in [2.75, 3.05) is 41.3 Å². The number of ether oxygens (including phenoxy) is 1. The van der Waals surface area contributed by atoms with Gasteiger partial charge in [-0.05, 0) is 217 Å². The fraction of sp³-hybridized carbons (Fsp3) is 0.908. The van der Waals surface area contributed by atoms with Gasteiger partial charge < -0.3 is 24.7 Å². The molecule has 7 nitrogen and oxygen atoms in total. The summed E-state index contributed by atoms with van der Waals surface area (Å²) >= 11 is 0. The van der Waals surface area contributed by atoms with Crippen molar-refractivity contribution in [2.45, 2.75) is 243 Å². The van der Waals surface area contributed by atoms with E-state index in [1.54, 1.807) is 11.1 Å². The smallest absolute Gasteiger partial charge is 0.307 e. The Kier molecular flexibility index (Phi) is 24.1. The highest BCUT2D eigenvalue weighted by Gasteiger charge is 2.61. The summed E-state index contributed by atoms with van der Waals surface area (Å²) in [6, 6.07) is 0. The maximum atomic E-state index is 12.4. The van der Waals surface area contributed by atoms with Crippen LogP contribution in [0.1, 0.15) is 231 Å². The number of carbonyl (C=O) groups excluding carboxylic acids is 1. The average molecular weight is 1040 g/mol. The molecule has 8 aliphatic carbocycles. The van der Waals surface area contributed by atoms with E-state index in [9.17, 15) is 14.7 Å². The van der Waals surface area contributed by atoms with Gasteiger partial charge in [-0.25, -0.2) is 0 Å². The van der Waals surface area contributed by atoms with Gasteiger partial charge in [0.25, 0.3) is 0 Å². The fourth-order valence-electron chi connectivity index (χ4n) is 18.3. The number of hydrogen-bond donors (Lipinski definition) is 2. The number of aliphatic hydroxyl groups excluding tert-OH is 1. The Labute approximate surface area is 456 Å². The molecule has 0 aliphatic heterocycles. The lowest BCUT2D eigenvalue weighted by Crippen LogP contribution is -2.51. The zero-order valence-corrected chi connectivity index (χ0v) is 49.9. The van der Waals surface area contributed by atoms with Crippen molar-refractivity contribution in [1.29, 1.82) is 0 Å². The van der Waals surface area contributed by atoms with Gasteiger partial charge >= 0.3 is 11.9 Å². The van der Waals surface area contributed by atoms with Crippen LogP contribution in [0, 0.1) is 92.7 Å². The summed E-state index contributed by atoms with van der Waals surface area (Å²) in [5, 5.41) is 18.3. The van der Waals surface area contributed by atoms with Gasteiger partial charge in [0.05, 0.1) is 18.9 Å². The van der Waals surface area contributed by atoms with Crippen molar-refractivity contribution in [3.05, 3.63) is 23.3 Å². The molecule has 16 atom stereocenters. The zero-order chi connectivity index (χ0) is 52.1. The van der Waals surface area contributed by atoms with E-state index in [-0.39, 0.29) is 44.4 Å². The number of hydrogen-bond acceptors (Lipinski definition) is 6. The lowest BCUT2D eigenvalue weighted by Gasteiger charge is -2.58. The molecule has 8 heteroatoms. The molecule has 2 N–H and O–H groups in total. The Hall–Kier alpha value is -1.41. The summed E-state index contributed by atoms with van der Waals surface area (Å²) in [6.07, 6.45) is 35.1. The molecule has 0 radical (unpaired) electrons. The standard InChI is InChI=1S/C32H55NO2.C27H46O.C5H11NO2.CH4.ClH/c1-22(2)9-8-10-23(3)27-13-14-28-26-12-11-24-21-25(35-30(34)17-20-33(6)7)15-18-31(24,4)29(26)16-19-32(27,28)5;1-18(2)7-6-8-19(3)23-11-12-24-22-10-9-20-17-21(28)13-15-26(20,4)25(22)14-16-27(23,24)5;1-6(2)4-3-5(7)8;;/h11,22-23,25-29H,8-10,12-21H2,1-7H3;9,18-19,21-25,28H,6-8,10-17H2,1-5H3;3-4H2,1-2H3,(H,7,8);1H4;1H/t23-,25?,26+,27-,28+,29+,31+,32-;19-,21?,22+,23-,24+,25+,26+,27-;;;/m11.../s1. The second-order valence-corrected chi connectivity index (χ2v) is 28.3. The molecule has 0 saturated heterocycles. The van der Waals surface area contributed by atoms with E-state index >= 15 is 0 Å².